The van der Waals surface area contributed by atoms with Crippen LogP contribution in [-0.4, -0.2) is 72.2 Å². The first-order chi connectivity index (χ1) is 14.8. The van der Waals surface area contributed by atoms with Crippen molar-refractivity contribution in [3.63, 3.8) is 0 Å². The maximum atomic E-state index is 13.1. The van der Waals surface area contributed by atoms with Crippen LogP contribution in [0.2, 0.25) is 0 Å². The van der Waals surface area contributed by atoms with Crippen molar-refractivity contribution in [1.82, 2.24) is 0 Å². The molecule has 0 heterocycles. The fourth-order valence-electron chi connectivity index (χ4n) is 3.05. The van der Waals surface area contributed by atoms with E-state index in [1.807, 2.05) is 0 Å². The third-order valence-corrected chi connectivity index (χ3v) is 4.20. The topological polar surface area (TPSA) is 241 Å². The van der Waals surface area contributed by atoms with Gasteiger partial charge in [-0.1, -0.05) is 18.2 Å². The van der Waals surface area contributed by atoms with Crippen LogP contribution < -0.4 is 0 Å². The Balaban J connectivity index is 3.29. The Morgan fingerprint density at radius 1 is 0.406 bits per heavy atom. The molecule has 2 rings (SSSR count). The molecule has 6 N–H and O–H groups in total. The number of ketones is 1. The minimum Gasteiger partial charge on any atom is -0.478 e. The highest BCUT2D eigenvalue weighted by Gasteiger charge is 2.41. The molecule has 0 aliphatic carbocycles. The summed E-state index contributed by atoms with van der Waals surface area (Å²) >= 11 is 0. The standard InChI is InChI=1S/C19H10O13/c20-13(5-3-1-2-4-6(5)14(21)22)7-8(15(23)24)10(17(27)28)12(19(31)32)11(18(29)30)9(7)16(25)26/h1-4H,(H,21,22)(H,23,24)(H,25,26)(H,27,28)(H,29,30)(H,31,32). The molecule has 0 bridgehead atoms. The molecule has 0 saturated carbocycles. The summed E-state index contributed by atoms with van der Waals surface area (Å²) in [6.07, 6.45) is 0. The molecule has 0 spiro atoms. The number of carboxylic acids is 6. The highest BCUT2D eigenvalue weighted by Crippen LogP contribution is 2.32. The lowest BCUT2D eigenvalue weighted by atomic mass is 9.82. The van der Waals surface area contributed by atoms with E-state index in [1.54, 1.807) is 0 Å². The summed E-state index contributed by atoms with van der Waals surface area (Å²) < 4.78 is 0. The van der Waals surface area contributed by atoms with Crippen LogP contribution in [0.1, 0.15) is 78.1 Å². The molecule has 0 atom stereocenters. The average molecular weight is 446 g/mol. The zero-order valence-corrected chi connectivity index (χ0v) is 15.4. The summed E-state index contributed by atoms with van der Waals surface area (Å²) in [6, 6.07) is 4.06. The molecule has 32 heavy (non-hydrogen) atoms. The van der Waals surface area contributed by atoms with Gasteiger partial charge in [0.1, 0.15) is 0 Å². The van der Waals surface area contributed by atoms with Crippen LogP contribution in [0.4, 0.5) is 0 Å². The zero-order chi connectivity index (χ0) is 24.5. The van der Waals surface area contributed by atoms with Gasteiger partial charge in [-0.25, -0.2) is 28.8 Å². The molecule has 13 nitrogen and oxygen atoms in total. The highest BCUT2D eigenvalue weighted by atomic mass is 16.4. The number of benzene rings is 2. The second-order valence-corrected chi connectivity index (χ2v) is 5.96. The maximum absolute atomic E-state index is 13.1. The summed E-state index contributed by atoms with van der Waals surface area (Å²) in [5.74, 6) is -14.7. The van der Waals surface area contributed by atoms with Crippen LogP contribution in [0.3, 0.4) is 0 Å². The van der Waals surface area contributed by atoms with Crippen LogP contribution in [-0.2, 0) is 0 Å². The van der Waals surface area contributed by atoms with Crippen molar-refractivity contribution in [3.05, 3.63) is 68.8 Å². The van der Waals surface area contributed by atoms with Gasteiger partial charge in [0.05, 0.1) is 38.9 Å². The molecule has 13 heteroatoms. The SMILES string of the molecule is O=C(O)c1ccccc1C(=O)c1c(C(=O)O)c(C(=O)O)c(C(=O)O)c(C(=O)O)c1C(=O)O. The van der Waals surface area contributed by atoms with Crippen LogP contribution in [0, 0.1) is 0 Å². The van der Waals surface area contributed by atoms with E-state index in [0.29, 0.717) is 0 Å². The van der Waals surface area contributed by atoms with E-state index in [1.165, 1.54) is 6.07 Å². The van der Waals surface area contributed by atoms with Gasteiger partial charge in [0.25, 0.3) is 0 Å². The molecule has 0 saturated heterocycles. The number of aromatic carboxylic acids is 6. The number of carbonyl (C=O) groups is 7. The molecule has 0 amide bonds. The van der Waals surface area contributed by atoms with E-state index in [2.05, 4.69) is 0 Å². The van der Waals surface area contributed by atoms with Crippen LogP contribution >= 0.6 is 0 Å². The fraction of sp³-hybridized carbons (Fsp3) is 0. The van der Waals surface area contributed by atoms with E-state index in [9.17, 15) is 64.2 Å². The van der Waals surface area contributed by atoms with Crippen LogP contribution in [0.25, 0.3) is 0 Å². The Morgan fingerprint density at radius 2 is 0.688 bits per heavy atom. The lowest BCUT2D eigenvalue weighted by Crippen LogP contribution is -2.28. The van der Waals surface area contributed by atoms with Gasteiger partial charge in [0.15, 0.2) is 5.78 Å². The molecule has 164 valence electrons. The fourth-order valence-corrected chi connectivity index (χ4v) is 3.05. The second-order valence-electron chi connectivity index (χ2n) is 5.96. The predicted molar refractivity (Wildman–Crippen MR) is 98.1 cm³/mol. The normalized spacial score (nSPS) is 10.2. The third kappa shape index (κ3) is 3.72. The molecule has 2 aromatic carbocycles. The number of hydrogen-bond acceptors (Lipinski definition) is 7. The molecular formula is C19H10O13. The van der Waals surface area contributed by atoms with Crippen molar-refractivity contribution in [2.75, 3.05) is 0 Å². The first-order valence-corrected chi connectivity index (χ1v) is 8.10. The summed E-state index contributed by atoms with van der Waals surface area (Å²) in [4.78, 5) is 83.4. The van der Waals surface area contributed by atoms with Gasteiger partial charge >= 0.3 is 35.8 Å². The molecule has 0 aliphatic heterocycles. The van der Waals surface area contributed by atoms with Gasteiger partial charge < -0.3 is 30.6 Å². The zero-order valence-electron chi connectivity index (χ0n) is 15.4. The monoisotopic (exact) mass is 446 g/mol. The second kappa shape index (κ2) is 8.35. The van der Waals surface area contributed by atoms with Gasteiger partial charge in [-0.3, -0.25) is 4.79 Å². The lowest BCUT2D eigenvalue weighted by molar-refractivity contribution is 0.0607. The van der Waals surface area contributed by atoms with Crippen molar-refractivity contribution >= 4 is 41.6 Å². The molecule has 0 fully saturated rings. The lowest BCUT2D eigenvalue weighted by Gasteiger charge is -2.18. The molecule has 0 radical (unpaired) electrons. The predicted octanol–water partition coefficient (Wildman–Crippen LogP) is 1.11. The Bertz CT molecular complexity index is 1200. The van der Waals surface area contributed by atoms with E-state index in [4.69, 9.17) is 0 Å². The van der Waals surface area contributed by atoms with Gasteiger partial charge in [0.2, 0.25) is 0 Å². The van der Waals surface area contributed by atoms with Crippen molar-refractivity contribution in [2.24, 2.45) is 0 Å². The van der Waals surface area contributed by atoms with Crippen LogP contribution in [0.15, 0.2) is 24.3 Å². The smallest absolute Gasteiger partial charge is 0.337 e. The number of carbonyl (C=O) groups excluding carboxylic acids is 1. The number of hydrogen-bond donors (Lipinski definition) is 6. The van der Waals surface area contributed by atoms with Crippen molar-refractivity contribution < 1.29 is 64.2 Å². The Morgan fingerprint density at radius 3 is 0.969 bits per heavy atom. The number of rotatable bonds is 8. The van der Waals surface area contributed by atoms with E-state index < -0.39 is 86.1 Å². The molecule has 0 unspecified atom stereocenters. The van der Waals surface area contributed by atoms with Gasteiger partial charge in [0, 0.05) is 5.56 Å². The van der Waals surface area contributed by atoms with Gasteiger partial charge in [-0.2, -0.15) is 0 Å². The summed E-state index contributed by atoms with van der Waals surface area (Å²) in [5.41, 5.74) is -11.3. The first-order valence-electron chi connectivity index (χ1n) is 8.10. The van der Waals surface area contributed by atoms with E-state index in [0.717, 1.165) is 18.2 Å². The molecule has 0 aromatic heterocycles. The number of carboxylic acid groups (broad SMARTS) is 6. The van der Waals surface area contributed by atoms with Crippen LogP contribution in [0.5, 0.6) is 0 Å². The maximum Gasteiger partial charge on any atom is 0.337 e. The third-order valence-electron chi connectivity index (χ3n) is 4.20. The summed E-state index contributed by atoms with van der Waals surface area (Å²) in [6.45, 7) is 0. The quantitative estimate of drug-likeness (QED) is 0.312. The van der Waals surface area contributed by atoms with Crippen molar-refractivity contribution in [3.8, 4) is 0 Å². The minimum absolute atomic E-state index is 0.735. The largest absolute Gasteiger partial charge is 0.478 e. The Labute approximate surface area is 175 Å². The molecular weight excluding hydrogens is 436 g/mol. The van der Waals surface area contributed by atoms with Crippen molar-refractivity contribution in [1.29, 1.82) is 0 Å². The molecule has 2 aromatic rings. The van der Waals surface area contributed by atoms with E-state index in [-0.39, 0.29) is 0 Å². The highest BCUT2D eigenvalue weighted by molar-refractivity contribution is 6.27. The Kier molecular flexibility index (Phi) is 6.06. The van der Waals surface area contributed by atoms with Crippen molar-refractivity contribution in [2.45, 2.75) is 0 Å². The average Bonchev–Trinajstić information content (AvgIpc) is 2.70. The van der Waals surface area contributed by atoms with Gasteiger partial charge in [-0.15, -0.1) is 0 Å². The summed E-state index contributed by atoms with van der Waals surface area (Å²) in [7, 11) is 0. The summed E-state index contributed by atoms with van der Waals surface area (Å²) in [5, 5.41) is 56.6. The van der Waals surface area contributed by atoms with E-state index >= 15 is 0 Å². The minimum atomic E-state index is -2.28. The van der Waals surface area contributed by atoms with Gasteiger partial charge in [-0.05, 0) is 6.07 Å². The Hall–Kier alpha value is -5.07. The first kappa shape index (κ1) is 23.2. The molecule has 0 aliphatic rings.